The molecule has 0 radical (unpaired) electrons. The lowest BCUT2D eigenvalue weighted by atomic mass is 10.1. The van der Waals surface area contributed by atoms with Crippen LogP contribution in [0, 0.1) is 5.92 Å². The first-order valence-corrected chi connectivity index (χ1v) is 5.01. The van der Waals surface area contributed by atoms with E-state index in [-0.39, 0.29) is 0 Å². The second-order valence-electron chi connectivity index (χ2n) is 3.33. The van der Waals surface area contributed by atoms with Crippen LogP contribution >= 0.6 is 0 Å². The second-order valence-corrected chi connectivity index (χ2v) is 3.33. The minimum atomic E-state index is 0.822. The van der Waals surface area contributed by atoms with E-state index in [2.05, 4.69) is 20.8 Å². The molecule has 0 aliphatic carbocycles. The van der Waals surface area contributed by atoms with Crippen molar-refractivity contribution in [3.8, 4) is 0 Å². The highest BCUT2D eigenvalue weighted by Gasteiger charge is 1.88. The van der Waals surface area contributed by atoms with Gasteiger partial charge in [-0.2, -0.15) is 0 Å². The molecule has 0 saturated carbocycles. The summed E-state index contributed by atoms with van der Waals surface area (Å²) in [5.74, 6) is 0.935. The molecular weight excluding hydrogens is 158 g/mol. The number of hydrogen-bond donors (Lipinski definition) is 1. The van der Waals surface area contributed by atoms with E-state index in [4.69, 9.17) is 5.73 Å². The Bertz CT molecular complexity index is 190. The number of anilines is 1. The predicted octanol–water partition coefficient (Wildman–Crippen LogP) is 3.71. The Hall–Kier alpha value is -0.980. The molecule has 13 heavy (non-hydrogen) atoms. The van der Waals surface area contributed by atoms with E-state index in [1.165, 1.54) is 12.8 Å². The van der Waals surface area contributed by atoms with Crippen LogP contribution in [0.4, 0.5) is 5.69 Å². The number of hydrogen-bond acceptors (Lipinski definition) is 1. The Labute approximate surface area is 82.0 Å². The number of nitrogens with two attached hydrogens (primary N) is 1. The van der Waals surface area contributed by atoms with Crippen molar-refractivity contribution in [1.82, 2.24) is 0 Å². The van der Waals surface area contributed by atoms with Crippen LogP contribution in [0.1, 0.15) is 33.6 Å². The molecule has 1 heteroatoms. The second kappa shape index (κ2) is 7.66. The molecule has 0 bridgehead atoms. The molecule has 0 aromatic heterocycles. The lowest BCUT2D eigenvalue weighted by Gasteiger charge is -1.98. The molecule has 74 valence electrons. The lowest BCUT2D eigenvalue weighted by molar-refractivity contribution is 0.544. The van der Waals surface area contributed by atoms with Crippen LogP contribution in [0.25, 0.3) is 0 Å². The van der Waals surface area contributed by atoms with Gasteiger partial charge < -0.3 is 5.73 Å². The predicted molar refractivity (Wildman–Crippen MR) is 60.6 cm³/mol. The number of rotatable bonds is 2. The van der Waals surface area contributed by atoms with Gasteiger partial charge in [0.25, 0.3) is 0 Å². The quantitative estimate of drug-likeness (QED) is 0.688. The third kappa shape index (κ3) is 7.38. The van der Waals surface area contributed by atoms with Crippen molar-refractivity contribution in [2.45, 2.75) is 33.6 Å². The molecule has 0 fully saturated rings. The summed E-state index contributed by atoms with van der Waals surface area (Å²) < 4.78 is 0. The summed E-state index contributed by atoms with van der Waals surface area (Å²) in [4.78, 5) is 0. The molecule has 0 amide bonds. The first kappa shape index (κ1) is 12.0. The largest absolute Gasteiger partial charge is 0.399 e. The van der Waals surface area contributed by atoms with Crippen molar-refractivity contribution in [3.63, 3.8) is 0 Å². The van der Waals surface area contributed by atoms with Crippen LogP contribution in [0.2, 0.25) is 0 Å². The van der Waals surface area contributed by atoms with Crippen molar-refractivity contribution >= 4 is 5.69 Å². The molecule has 0 unspecified atom stereocenters. The van der Waals surface area contributed by atoms with Gasteiger partial charge in [-0.3, -0.25) is 0 Å². The zero-order chi connectivity index (χ0) is 10.1. The smallest absolute Gasteiger partial charge is 0.0313 e. The number of nitrogen functional groups attached to an aromatic ring is 1. The Balaban J connectivity index is 0.000000226. The Morgan fingerprint density at radius 3 is 1.69 bits per heavy atom. The number of para-hydroxylation sites is 1. The topological polar surface area (TPSA) is 26.0 Å². The molecule has 0 aliphatic rings. The maximum absolute atomic E-state index is 5.36. The molecule has 1 aromatic carbocycles. The summed E-state index contributed by atoms with van der Waals surface area (Å²) >= 11 is 0. The maximum atomic E-state index is 5.36. The Kier molecular flexibility index (Phi) is 7.08. The molecule has 1 aromatic rings. The van der Waals surface area contributed by atoms with E-state index in [1.807, 2.05) is 30.3 Å². The van der Waals surface area contributed by atoms with Crippen LogP contribution < -0.4 is 5.73 Å². The van der Waals surface area contributed by atoms with Crippen LogP contribution in [0.5, 0.6) is 0 Å². The normalized spacial score (nSPS) is 9.23. The fourth-order valence-electron chi connectivity index (χ4n) is 0.742. The van der Waals surface area contributed by atoms with Gasteiger partial charge in [0.2, 0.25) is 0 Å². The average Bonchev–Trinajstić information content (AvgIpc) is 2.19. The summed E-state index contributed by atoms with van der Waals surface area (Å²) in [6, 6.07) is 9.49. The minimum Gasteiger partial charge on any atom is -0.399 e. The first-order chi connectivity index (χ1) is 6.20. The Morgan fingerprint density at radius 1 is 1.08 bits per heavy atom. The molecule has 0 atom stereocenters. The third-order valence-corrected chi connectivity index (χ3v) is 2.19. The summed E-state index contributed by atoms with van der Waals surface area (Å²) in [6.07, 6.45) is 2.66. The van der Waals surface area contributed by atoms with E-state index >= 15 is 0 Å². The van der Waals surface area contributed by atoms with Gasteiger partial charge in [0.1, 0.15) is 0 Å². The molecule has 0 heterocycles. The minimum absolute atomic E-state index is 0.822. The van der Waals surface area contributed by atoms with E-state index in [0.29, 0.717) is 0 Å². The molecule has 0 saturated heterocycles. The van der Waals surface area contributed by atoms with E-state index < -0.39 is 0 Å². The van der Waals surface area contributed by atoms with Gasteiger partial charge in [0.05, 0.1) is 0 Å². The third-order valence-electron chi connectivity index (χ3n) is 2.19. The van der Waals surface area contributed by atoms with Crippen molar-refractivity contribution < 1.29 is 0 Å². The summed E-state index contributed by atoms with van der Waals surface area (Å²) in [6.45, 7) is 6.74. The van der Waals surface area contributed by atoms with Crippen molar-refractivity contribution in [2.24, 2.45) is 5.92 Å². The summed E-state index contributed by atoms with van der Waals surface area (Å²) in [7, 11) is 0. The maximum Gasteiger partial charge on any atom is 0.0313 e. The molecule has 0 aliphatic heterocycles. The van der Waals surface area contributed by atoms with Gasteiger partial charge in [-0.1, -0.05) is 51.8 Å². The van der Waals surface area contributed by atoms with Crippen molar-refractivity contribution in [3.05, 3.63) is 30.3 Å². The van der Waals surface area contributed by atoms with Gasteiger partial charge in [-0.25, -0.2) is 0 Å². The SMILES string of the molecule is CCC(C)CC.Nc1ccccc1. The zero-order valence-corrected chi connectivity index (χ0v) is 8.96. The van der Waals surface area contributed by atoms with Crippen molar-refractivity contribution in [1.29, 1.82) is 0 Å². The molecular formula is C12H21N. The van der Waals surface area contributed by atoms with Crippen molar-refractivity contribution in [2.75, 3.05) is 5.73 Å². The standard InChI is InChI=1S/C6H7N.C6H14/c7-6-4-2-1-3-5-6;1-4-6(3)5-2/h1-5H,7H2;6H,4-5H2,1-3H3. The molecule has 2 N–H and O–H groups in total. The van der Waals surface area contributed by atoms with Gasteiger partial charge in [0, 0.05) is 5.69 Å². The van der Waals surface area contributed by atoms with Crippen LogP contribution in [-0.4, -0.2) is 0 Å². The summed E-state index contributed by atoms with van der Waals surface area (Å²) in [5.41, 5.74) is 6.18. The van der Waals surface area contributed by atoms with Gasteiger partial charge in [-0.15, -0.1) is 0 Å². The molecule has 0 spiro atoms. The van der Waals surface area contributed by atoms with Crippen LogP contribution in [0.3, 0.4) is 0 Å². The highest BCUT2D eigenvalue weighted by atomic mass is 14.5. The fraction of sp³-hybridized carbons (Fsp3) is 0.500. The fourth-order valence-corrected chi connectivity index (χ4v) is 0.742. The number of benzene rings is 1. The lowest BCUT2D eigenvalue weighted by Crippen LogP contribution is -1.85. The monoisotopic (exact) mass is 179 g/mol. The molecule has 1 nitrogen and oxygen atoms in total. The van der Waals surface area contributed by atoms with Gasteiger partial charge >= 0.3 is 0 Å². The highest BCUT2D eigenvalue weighted by molar-refractivity contribution is 5.35. The van der Waals surface area contributed by atoms with Crippen LogP contribution in [-0.2, 0) is 0 Å². The average molecular weight is 179 g/mol. The van der Waals surface area contributed by atoms with Gasteiger partial charge in [0.15, 0.2) is 0 Å². The van der Waals surface area contributed by atoms with E-state index in [9.17, 15) is 0 Å². The van der Waals surface area contributed by atoms with E-state index in [0.717, 1.165) is 11.6 Å². The first-order valence-electron chi connectivity index (χ1n) is 5.01. The van der Waals surface area contributed by atoms with E-state index in [1.54, 1.807) is 0 Å². The zero-order valence-electron chi connectivity index (χ0n) is 8.96. The van der Waals surface area contributed by atoms with Gasteiger partial charge in [-0.05, 0) is 18.1 Å². The summed E-state index contributed by atoms with van der Waals surface area (Å²) in [5, 5.41) is 0. The highest BCUT2D eigenvalue weighted by Crippen LogP contribution is 2.02. The van der Waals surface area contributed by atoms with Crippen LogP contribution in [0.15, 0.2) is 30.3 Å². The Morgan fingerprint density at radius 2 is 1.54 bits per heavy atom. The molecule has 1 rings (SSSR count).